The molecule has 1 aliphatic heterocycles. The van der Waals surface area contributed by atoms with E-state index in [2.05, 4.69) is 10.1 Å². The third-order valence-corrected chi connectivity index (χ3v) is 5.81. The van der Waals surface area contributed by atoms with Gasteiger partial charge in [0.1, 0.15) is 11.8 Å². The molecule has 6 heteroatoms. The number of carbonyl (C=O) groups is 1. The molecular weight excluding hydrogens is 390 g/mol. The van der Waals surface area contributed by atoms with Crippen LogP contribution in [0.4, 0.5) is 0 Å². The zero-order chi connectivity index (χ0) is 21.2. The van der Waals surface area contributed by atoms with Crippen LogP contribution in [0.25, 0.3) is 22.2 Å². The molecule has 5 rings (SSSR count). The van der Waals surface area contributed by atoms with E-state index in [0.29, 0.717) is 23.8 Å². The number of aromatic nitrogens is 2. The van der Waals surface area contributed by atoms with Gasteiger partial charge in [0.15, 0.2) is 0 Å². The summed E-state index contributed by atoms with van der Waals surface area (Å²) in [5, 5.41) is 6.34. The molecule has 0 bridgehead atoms. The number of hydrogen-bond donors (Lipinski definition) is 0. The summed E-state index contributed by atoms with van der Waals surface area (Å²) < 4.78 is 10.9. The van der Waals surface area contributed by atoms with Crippen LogP contribution in [0, 0.1) is 0 Å². The minimum atomic E-state index is -0.223. The van der Waals surface area contributed by atoms with Gasteiger partial charge in [-0.05, 0) is 54.3 Å². The third kappa shape index (κ3) is 3.77. The fourth-order valence-corrected chi connectivity index (χ4v) is 4.17. The van der Waals surface area contributed by atoms with Crippen molar-refractivity contribution in [3.63, 3.8) is 0 Å². The number of likely N-dealkylation sites (tertiary alicyclic amines) is 1. The second-order valence-corrected chi connectivity index (χ2v) is 7.76. The van der Waals surface area contributed by atoms with Gasteiger partial charge in [0.2, 0.25) is 11.7 Å². The first kappa shape index (κ1) is 19.3. The number of nitrogens with zero attached hydrogens (tertiary/aromatic N) is 3. The Morgan fingerprint density at radius 1 is 1.03 bits per heavy atom. The maximum Gasteiger partial charge on any atom is 0.254 e. The van der Waals surface area contributed by atoms with Gasteiger partial charge >= 0.3 is 0 Å². The van der Waals surface area contributed by atoms with Gasteiger partial charge in [-0.3, -0.25) is 4.79 Å². The monoisotopic (exact) mass is 413 g/mol. The Hall–Kier alpha value is -3.67. The van der Waals surface area contributed by atoms with Crippen LogP contribution in [-0.4, -0.2) is 34.6 Å². The Morgan fingerprint density at radius 3 is 2.77 bits per heavy atom. The van der Waals surface area contributed by atoms with Crippen molar-refractivity contribution in [1.82, 2.24) is 15.0 Å². The van der Waals surface area contributed by atoms with Crippen molar-refractivity contribution in [2.45, 2.75) is 25.3 Å². The van der Waals surface area contributed by atoms with Gasteiger partial charge in [-0.2, -0.15) is 4.98 Å². The standard InChI is InChI=1S/C25H23N3O3/c1-30-21-10-6-9-19(16-21)23-26-24(31-27-23)22-11-4-5-14-28(22)25(29)20-13-12-17-7-2-3-8-18(17)15-20/h2-3,6-10,12-13,15-16,22H,4-5,11,14H2,1H3. The van der Waals surface area contributed by atoms with Gasteiger partial charge in [-0.1, -0.05) is 47.6 Å². The van der Waals surface area contributed by atoms with Crippen molar-refractivity contribution >= 4 is 16.7 Å². The molecule has 1 aliphatic rings. The molecule has 0 N–H and O–H groups in total. The van der Waals surface area contributed by atoms with Crippen LogP contribution in [0.3, 0.4) is 0 Å². The summed E-state index contributed by atoms with van der Waals surface area (Å²) in [6.45, 7) is 0.674. The first-order valence-corrected chi connectivity index (χ1v) is 10.5. The zero-order valence-corrected chi connectivity index (χ0v) is 17.3. The highest BCUT2D eigenvalue weighted by Crippen LogP contribution is 2.33. The van der Waals surface area contributed by atoms with Crippen LogP contribution >= 0.6 is 0 Å². The summed E-state index contributed by atoms with van der Waals surface area (Å²) in [6.07, 6.45) is 2.79. The lowest BCUT2D eigenvalue weighted by atomic mass is 9.99. The Labute approximate surface area is 180 Å². The van der Waals surface area contributed by atoms with E-state index in [0.717, 1.165) is 41.3 Å². The normalized spacial score (nSPS) is 16.4. The van der Waals surface area contributed by atoms with E-state index in [1.807, 2.05) is 71.6 Å². The molecule has 4 aromatic rings. The SMILES string of the molecule is COc1cccc(-c2noc(C3CCCCN3C(=O)c3ccc4ccccc4c3)n2)c1. The number of ether oxygens (including phenoxy) is 1. The van der Waals surface area contributed by atoms with Crippen LogP contribution in [0.1, 0.15) is 41.6 Å². The molecule has 0 radical (unpaired) electrons. The average Bonchev–Trinajstić information content (AvgIpc) is 3.33. The number of piperidine rings is 1. The van der Waals surface area contributed by atoms with Crippen molar-refractivity contribution < 1.29 is 14.1 Å². The molecule has 6 nitrogen and oxygen atoms in total. The van der Waals surface area contributed by atoms with E-state index in [-0.39, 0.29) is 11.9 Å². The van der Waals surface area contributed by atoms with Crippen LogP contribution in [-0.2, 0) is 0 Å². The number of rotatable bonds is 4. The topological polar surface area (TPSA) is 68.5 Å². The quantitative estimate of drug-likeness (QED) is 0.456. The summed E-state index contributed by atoms with van der Waals surface area (Å²) in [4.78, 5) is 19.9. The van der Waals surface area contributed by atoms with E-state index in [9.17, 15) is 4.79 Å². The molecule has 156 valence electrons. The van der Waals surface area contributed by atoms with Crippen LogP contribution in [0.5, 0.6) is 5.75 Å². The zero-order valence-electron chi connectivity index (χ0n) is 17.3. The molecule has 31 heavy (non-hydrogen) atoms. The van der Waals surface area contributed by atoms with Crippen LogP contribution < -0.4 is 4.74 Å². The van der Waals surface area contributed by atoms with E-state index >= 15 is 0 Å². The molecule has 0 spiro atoms. The van der Waals surface area contributed by atoms with Crippen molar-refractivity contribution in [2.24, 2.45) is 0 Å². The van der Waals surface area contributed by atoms with Crippen molar-refractivity contribution in [1.29, 1.82) is 0 Å². The lowest BCUT2D eigenvalue weighted by molar-refractivity contribution is 0.0561. The number of benzene rings is 3. The lowest BCUT2D eigenvalue weighted by Crippen LogP contribution is -2.38. The highest BCUT2D eigenvalue weighted by molar-refractivity contribution is 5.98. The molecule has 3 aromatic carbocycles. The van der Waals surface area contributed by atoms with E-state index in [1.54, 1.807) is 7.11 Å². The molecule has 0 saturated carbocycles. The number of methoxy groups -OCH3 is 1. The Morgan fingerprint density at radius 2 is 1.90 bits per heavy atom. The average molecular weight is 413 g/mol. The Bertz CT molecular complexity index is 1230. The number of fused-ring (bicyclic) bond motifs is 1. The molecule has 1 aromatic heterocycles. The molecule has 0 aliphatic carbocycles. The minimum absolute atomic E-state index is 0.00316. The van der Waals surface area contributed by atoms with Gasteiger partial charge in [0.05, 0.1) is 7.11 Å². The van der Waals surface area contributed by atoms with Gasteiger partial charge in [0, 0.05) is 17.7 Å². The predicted molar refractivity (Wildman–Crippen MR) is 118 cm³/mol. The molecule has 1 amide bonds. The smallest absolute Gasteiger partial charge is 0.254 e. The molecule has 1 saturated heterocycles. The minimum Gasteiger partial charge on any atom is -0.497 e. The third-order valence-electron chi connectivity index (χ3n) is 5.81. The summed E-state index contributed by atoms with van der Waals surface area (Å²) in [5.74, 6) is 1.70. The second-order valence-electron chi connectivity index (χ2n) is 7.76. The maximum atomic E-state index is 13.4. The molecular formula is C25H23N3O3. The second kappa shape index (κ2) is 8.22. The fourth-order valence-electron chi connectivity index (χ4n) is 4.17. The maximum absolute atomic E-state index is 13.4. The highest BCUT2D eigenvalue weighted by Gasteiger charge is 2.33. The number of carbonyl (C=O) groups excluding carboxylic acids is 1. The number of hydrogen-bond acceptors (Lipinski definition) is 5. The van der Waals surface area contributed by atoms with Crippen LogP contribution in [0.2, 0.25) is 0 Å². The van der Waals surface area contributed by atoms with E-state index in [1.165, 1.54) is 0 Å². The van der Waals surface area contributed by atoms with Gasteiger partial charge in [0.25, 0.3) is 5.91 Å². The highest BCUT2D eigenvalue weighted by atomic mass is 16.5. The Kier molecular flexibility index (Phi) is 5.12. The van der Waals surface area contributed by atoms with Crippen LogP contribution in [0.15, 0.2) is 71.3 Å². The summed E-state index contributed by atoms with van der Waals surface area (Å²) >= 11 is 0. The van der Waals surface area contributed by atoms with Crippen molar-refractivity contribution in [3.8, 4) is 17.1 Å². The molecule has 2 heterocycles. The fraction of sp³-hybridized carbons (Fsp3) is 0.240. The van der Waals surface area contributed by atoms with Crippen molar-refractivity contribution in [2.75, 3.05) is 13.7 Å². The van der Waals surface area contributed by atoms with Gasteiger partial charge in [-0.15, -0.1) is 0 Å². The van der Waals surface area contributed by atoms with E-state index in [4.69, 9.17) is 9.26 Å². The summed E-state index contributed by atoms with van der Waals surface area (Å²) in [7, 11) is 1.62. The number of amides is 1. The molecule has 1 unspecified atom stereocenters. The van der Waals surface area contributed by atoms with E-state index < -0.39 is 0 Å². The predicted octanol–water partition coefficient (Wildman–Crippen LogP) is 5.27. The first-order valence-electron chi connectivity index (χ1n) is 10.5. The molecule has 1 atom stereocenters. The van der Waals surface area contributed by atoms with Gasteiger partial charge in [-0.25, -0.2) is 0 Å². The summed E-state index contributed by atoms with van der Waals surface area (Å²) in [6, 6.07) is 21.2. The molecule has 1 fully saturated rings. The Balaban J connectivity index is 1.44. The summed E-state index contributed by atoms with van der Waals surface area (Å²) in [5.41, 5.74) is 1.50. The lowest BCUT2D eigenvalue weighted by Gasteiger charge is -2.33. The van der Waals surface area contributed by atoms with Gasteiger partial charge < -0.3 is 14.2 Å². The van der Waals surface area contributed by atoms with Crippen molar-refractivity contribution in [3.05, 3.63) is 78.2 Å². The first-order chi connectivity index (χ1) is 15.2. The largest absolute Gasteiger partial charge is 0.497 e.